The molecular weight excluding hydrogens is 332 g/mol. The largest absolute Gasteiger partial charge is 0.419 e. The van der Waals surface area contributed by atoms with Crippen molar-refractivity contribution in [1.82, 2.24) is 20.7 Å². The van der Waals surface area contributed by atoms with Crippen LogP contribution in [0.2, 0.25) is 0 Å². The van der Waals surface area contributed by atoms with Crippen molar-refractivity contribution in [2.24, 2.45) is 0 Å². The Labute approximate surface area is 144 Å². The number of nitrogens with one attached hydrogen (secondary N) is 3. The van der Waals surface area contributed by atoms with Crippen molar-refractivity contribution in [2.75, 3.05) is 13.7 Å². The zero-order valence-electron chi connectivity index (χ0n) is 13.5. The lowest BCUT2D eigenvalue weighted by molar-refractivity contribution is -0.121. The molecule has 1 atom stereocenters. The molecule has 130 valence electrons. The van der Waals surface area contributed by atoms with Crippen molar-refractivity contribution in [3.63, 3.8) is 0 Å². The fourth-order valence-corrected chi connectivity index (χ4v) is 2.43. The maximum atomic E-state index is 11.9. The summed E-state index contributed by atoms with van der Waals surface area (Å²) < 4.78 is 11.5. The summed E-state index contributed by atoms with van der Waals surface area (Å²) >= 11 is 5.05. The van der Waals surface area contributed by atoms with E-state index in [9.17, 15) is 9.59 Å². The monoisotopic (exact) mass is 352 g/mol. The van der Waals surface area contributed by atoms with Crippen molar-refractivity contribution < 1.29 is 13.9 Å². The molecule has 0 radical (unpaired) electrons. The molecule has 1 aromatic heterocycles. The molecule has 0 fully saturated rings. The van der Waals surface area contributed by atoms with Gasteiger partial charge in [-0.3, -0.25) is 20.2 Å². The Morgan fingerprint density at radius 3 is 2.88 bits per heavy atom. The minimum absolute atomic E-state index is 0.0165. The third-order valence-electron chi connectivity index (χ3n) is 3.25. The maximum absolute atomic E-state index is 11.9. The normalized spacial score (nSPS) is 11.9. The van der Waals surface area contributed by atoms with Crippen LogP contribution in [-0.2, 0) is 16.1 Å². The van der Waals surface area contributed by atoms with Gasteiger partial charge >= 0.3 is 5.76 Å². The molecule has 9 heteroatoms. The average Bonchev–Trinajstić information content (AvgIpc) is 2.86. The molecule has 3 N–H and O–H groups in total. The molecule has 0 bridgehead atoms. The highest BCUT2D eigenvalue weighted by Gasteiger charge is 2.10. The number of carbonyl (C=O) groups is 1. The fourth-order valence-electron chi connectivity index (χ4n) is 2.18. The van der Waals surface area contributed by atoms with Gasteiger partial charge in [0.05, 0.1) is 12.1 Å². The molecular formula is C15H20N4O4S. The van der Waals surface area contributed by atoms with E-state index < -0.39 is 5.76 Å². The molecule has 0 aliphatic carbocycles. The number of benzene rings is 1. The first-order valence-electron chi connectivity index (χ1n) is 7.44. The first-order valence-corrected chi connectivity index (χ1v) is 7.84. The van der Waals surface area contributed by atoms with Crippen molar-refractivity contribution in [1.29, 1.82) is 0 Å². The number of hydrogen-bond donors (Lipinski definition) is 3. The lowest BCUT2D eigenvalue weighted by Gasteiger charge is -2.16. The average molecular weight is 352 g/mol. The zero-order valence-corrected chi connectivity index (χ0v) is 14.3. The van der Waals surface area contributed by atoms with E-state index in [1.807, 2.05) is 6.92 Å². The Morgan fingerprint density at radius 1 is 1.38 bits per heavy atom. The Kier molecular flexibility index (Phi) is 6.33. The van der Waals surface area contributed by atoms with Gasteiger partial charge in [0.15, 0.2) is 10.7 Å². The van der Waals surface area contributed by atoms with E-state index in [1.54, 1.807) is 31.4 Å². The number of aryl methyl sites for hydroxylation is 1. The maximum Gasteiger partial charge on any atom is 0.419 e. The summed E-state index contributed by atoms with van der Waals surface area (Å²) in [5.41, 5.74) is 6.25. The molecule has 8 nitrogen and oxygen atoms in total. The van der Waals surface area contributed by atoms with Crippen LogP contribution in [0.4, 0.5) is 0 Å². The number of thiocarbonyl (C=S) groups is 1. The van der Waals surface area contributed by atoms with Crippen LogP contribution in [0.15, 0.2) is 33.5 Å². The van der Waals surface area contributed by atoms with Gasteiger partial charge in [-0.25, -0.2) is 4.79 Å². The van der Waals surface area contributed by atoms with Crippen molar-refractivity contribution >= 4 is 34.3 Å². The topological polar surface area (TPSA) is 97.5 Å². The van der Waals surface area contributed by atoms with E-state index in [1.165, 1.54) is 4.57 Å². The summed E-state index contributed by atoms with van der Waals surface area (Å²) in [5.74, 6) is -0.779. The predicted octanol–water partition coefficient (Wildman–Crippen LogP) is 0.515. The highest BCUT2D eigenvalue weighted by molar-refractivity contribution is 7.80. The van der Waals surface area contributed by atoms with Gasteiger partial charge in [0, 0.05) is 26.1 Å². The number of amides is 1. The predicted molar refractivity (Wildman–Crippen MR) is 93.4 cm³/mol. The number of oxazole rings is 1. The van der Waals surface area contributed by atoms with E-state index in [-0.39, 0.29) is 24.9 Å². The van der Waals surface area contributed by atoms with E-state index in [0.717, 1.165) is 0 Å². The number of fused-ring (bicyclic) bond motifs is 1. The van der Waals surface area contributed by atoms with Crippen LogP contribution in [0.25, 0.3) is 11.1 Å². The van der Waals surface area contributed by atoms with Crippen LogP contribution in [0.1, 0.15) is 13.3 Å². The lowest BCUT2D eigenvalue weighted by Crippen LogP contribution is -2.50. The third kappa shape index (κ3) is 4.80. The summed E-state index contributed by atoms with van der Waals surface area (Å²) in [7, 11) is 1.60. The molecule has 1 heterocycles. The first-order chi connectivity index (χ1) is 11.5. The molecule has 0 aliphatic heterocycles. The Morgan fingerprint density at radius 2 is 2.12 bits per heavy atom. The molecule has 2 rings (SSSR count). The molecule has 0 saturated carbocycles. The van der Waals surface area contributed by atoms with Crippen LogP contribution in [0, 0.1) is 0 Å². The lowest BCUT2D eigenvalue weighted by atomic mass is 10.3. The van der Waals surface area contributed by atoms with Gasteiger partial charge in [0.25, 0.3) is 0 Å². The van der Waals surface area contributed by atoms with Gasteiger partial charge < -0.3 is 14.5 Å². The third-order valence-corrected chi connectivity index (χ3v) is 3.47. The van der Waals surface area contributed by atoms with Gasteiger partial charge in [-0.1, -0.05) is 12.1 Å². The number of rotatable bonds is 6. The van der Waals surface area contributed by atoms with E-state index in [0.29, 0.717) is 22.8 Å². The van der Waals surface area contributed by atoms with Gasteiger partial charge in [-0.2, -0.15) is 0 Å². The molecule has 0 saturated heterocycles. The second kappa shape index (κ2) is 8.46. The van der Waals surface area contributed by atoms with Crippen molar-refractivity contribution in [3.05, 3.63) is 34.8 Å². The number of nitrogens with zero attached hydrogens (tertiary/aromatic N) is 1. The van der Waals surface area contributed by atoms with Crippen molar-refractivity contribution in [3.8, 4) is 0 Å². The summed E-state index contributed by atoms with van der Waals surface area (Å²) in [5, 5.41) is 3.24. The smallest absolute Gasteiger partial charge is 0.408 e. The Balaban J connectivity index is 1.82. The minimum atomic E-state index is -0.484. The SMILES string of the molecule is COC[C@@H](C)NC(=S)NNC(=O)CCn1c(=O)oc2ccccc21. The molecule has 0 aliphatic rings. The summed E-state index contributed by atoms with van der Waals surface area (Å²) in [6.07, 6.45) is 0.104. The van der Waals surface area contributed by atoms with Crippen LogP contribution in [-0.4, -0.2) is 35.3 Å². The van der Waals surface area contributed by atoms with Gasteiger partial charge in [-0.15, -0.1) is 0 Å². The summed E-state index contributed by atoms with van der Waals surface area (Å²) in [6.45, 7) is 2.60. The molecule has 0 unspecified atom stereocenters. The fraction of sp³-hybridized carbons (Fsp3) is 0.400. The van der Waals surface area contributed by atoms with E-state index >= 15 is 0 Å². The van der Waals surface area contributed by atoms with Gasteiger partial charge in [0.1, 0.15) is 0 Å². The molecule has 1 amide bonds. The number of para-hydroxylation sites is 2. The number of ether oxygens (including phenoxy) is 1. The number of hydrogen-bond acceptors (Lipinski definition) is 5. The number of aromatic nitrogens is 1. The van der Waals surface area contributed by atoms with E-state index in [2.05, 4.69) is 16.2 Å². The highest BCUT2D eigenvalue weighted by atomic mass is 32.1. The van der Waals surface area contributed by atoms with Crippen LogP contribution in [0.5, 0.6) is 0 Å². The Bertz CT molecular complexity index is 770. The van der Waals surface area contributed by atoms with Gasteiger partial charge in [0.2, 0.25) is 5.91 Å². The molecule has 24 heavy (non-hydrogen) atoms. The van der Waals surface area contributed by atoms with E-state index in [4.69, 9.17) is 21.4 Å². The standard InChI is InChI=1S/C15H20N4O4S/c1-10(9-22-2)16-14(24)18-17-13(20)7-8-19-11-5-3-4-6-12(11)23-15(19)21/h3-6,10H,7-9H2,1-2H3,(H,17,20)(H2,16,18,24)/t10-/m1/s1. The number of methoxy groups -OCH3 is 1. The molecule has 0 spiro atoms. The van der Waals surface area contributed by atoms with Crippen molar-refractivity contribution in [2.45, 2.75) is 25.9 Å². The van der Waals surface area contributed by atoms with Crippen LogP contribution < -0.4 is 21.9 Å². The van der Waals surface area contributed by atoms with Gasteiger partial charge in [-0.05, 0) is 31.3 Å². The second-order valence-electron chi connectivity index (χ2n) is 5.24. The number of carbonyl (C=O) groups excluding carboxylic acids is 1. The zero-order chi connectivity index (χ0) is 17.5. The summed E-state index contributed by atoms with van der Waals surface area (Å²) in [4.78, 5) is 23.7. The van der Waals surface area contributed by atoms with Crippen LogP contribution >= 0.6 is 12.2 Å². The Hall–Kier alpha value is -2.39. The second-order valence-corrected chi connectivity index (χ2v) is 5.65. The molecule has 1 aromatic carbocycles. The highest BCUT2D eigenvalue weighted by Crippen LogP contribution is 2.11. The first kappa shape index (κ1) is 18.0. The molecule has 2 aromatic rings. The quantitative estimate of drug-likeness (QED) is 0.515. The minimum Gasteiger partial charge on any atom is -0.408 e. The summed E-state index contributed by atoms with van der Waals surface area (Å²) in [6, 6.07) is 7.08. The number of hydrazine groups is 1. The van der Waals surface area contributed by atoms with Crippen LogP contribution in [0.3, 0.4) is 0 Å².